The highest BCUT2D eigenvalue weighted by Crippen LogP contribution is 2.27. The second-order valence-electron chi connectivity index (χ2n) is 5.01. The van der Waals surface area contributed by atoms with E-state index in [0.717, 1.165) is 5.56 Å². The van der Waals surface area contributed by atoms with Gasteiger partial charge in [-0.25, -0.2) is 0 Å². The molecule has 3 rings (SSSR count). The number of benzene rings is 2. The normalized spacial score (nSPS) is 11.1. The summed E-state index contributed by atoms with van der Waals surface area (Å²) in [4.78, 5) is 4.21. The van der Waals surface area contributed by atoms with Gasteiger partial charge in [-0.2, -0.15) is 13.7 Å². The lowest BCUT2D eigenvalue weighted by molar-refractivity contribution is 0.488. The van der Waals surface area contributed by atoms with Crippen molar-refractivity contribution >= 4 is 21.0 Å². The molecular formula is C17H12N2O3S. The summed E-state index contributed by atoms with van der Waals surface area (Å²) in [6, 6.07) is 15.0. The van der Waals surface area contributed by atoms with Gasteiger partial charge in [-0.3, -0.25) is 4.98 Å². The van der Waals surface area contributed by atoms with Gasteiger partial charge in [0.2, 0.25) is 0 Å². The first-order chi connectivity index (χ1) is 11.0. The van der Waals surface area contributed by atoms with Gasteiger partial charge in [-0.1, -0.05) is 29.8 Å². The molecule has 0 atom stereocenters. The summed E-state index contributed by atoms with van der Waals surface area (Å²) in [6.07, 6.45) is 1.38. The van der Waals surface area contributed by atoms with E-state index in [4.69, 9.17) is 9.44 Å². The quantitative estimate of drug-likeness (QED) is 0.691. The molecule has 0 aliphatic heterocycles. The molecule has 0 amide bonds. The third kappa shape index (κ3) is 3.00. The van der Waals surface area contributed by atoms with E-state index < -0.39 is 10.1 Å². The Kier molecular flexibility index (Phi) is 3.72. The Hall–Kier alpha value is -2.91. The molecule has 1 heterocycles. The van der Waals surface area contributed by atoms with E-state index >= 15 is 0 Å². The van der Waals surface area contributed by atoms with Crippen LogP contribution in [-0.2, 0) is 10.1 Å². The number of nitriles is 1. The number of aromatic nitrogens is 1. The van der Waals surface area contributed by atoms with Crippen molar-refractivity contribution in [3.05, 3.63) is 65.9 Å². The third-order valence-corrected chi connectivity index (χ3v) is 4.56. The van der Waals surface area contributed by atoms with Gasteiger partial charge in [-0.15, -0.1) is 0 Å². The van der Waals surface area contributed by atoms with Gasteiger partial charge in [-0.05, 0) is 31.2 Å². The van der Waals surface area contributed by atoms with Crippen molar-refractivity contribution < 1.29 is 12.6 Å². The Labute approximate surface area is 133 Å². The Morgan fingerprint density at radius 2 is 1.87 bits per heavy atom. The largest absolute Gasteiger partial charge is 0.377 e. The average molecular weight is 324 g/mol. The maximum absolute atomic E-state index is 12.4. The fraction of sp³-hybridized carbons (Fsp3) is 0.0588. The van der Waals surface area contributed by atoms with E-state index in [1.165, 1.54) is 24.4 Å². The van der Waals surface area contributed by atoms with Crippen LogP contribution in [-0.4, -0.2) is 13.4 Å². The highest BCUT2D eigenvalue weighted by atomic mass is 32.2. The molecule has 3 aromatic rings. The molecular weight excluding hydrogens is 312 g/mol. The molecule has 0 N–H and O–H groups in total. The molecule has 0 bridgehead atoms. The first-order valence-electron chi connectivity index (χ1n) is 6.80. The number of fused-ring (bicyclic) bond motifs is 1. The molecule has 0 spiro atoms. The number of pyridine rings is 1. The molecule has 0 fully saturated rings. The number of para-hydroxylation sites is 1. The zero-order valence-corrected chi connectivity index (χ0v) is 13.0. The predicted molar refractivity (Wildman–Crippen MR) is 85.5 cm³/mol. The van der Waals surface area contributed by atoms with Crippen LogP contribution in [0.4, 0.5) is 0 Å². The predicted octanol–water partition coefficient (Wildman–Crippen LogP) is 3.18. The zero-order valence-electron chi connectivity index (χ0n) is 12.2. The van der Waals surface area contributed by atoms with Crippen molar-refractivity contribution in [1.29, 1.82) is 5.26 Å². The maximum atomic E-state index is 12.4. The van der Waals surface area contributed by atoms with Gasteiger partial charge in [0, 0.05) is 11.6 Å². The Balaban J connectivity index is 2.04. The van der Waals surface area contributed by atoms with Gasteiger partial charge in [0.15, 0.2) is 5.75 Å². The number of nitrogens with zero attached hydrogens (tertiary/aromatic N) is 2. The van der Waals surface area contributed by atoms with Crippen LogP contribution in [0.1, 0.15) is 11.1 Å². The van der Waals surface area contributed by atoms with E-state index in [-0.39, 0.29) is 10.6 Å². The standard InChI is InChI=1S/C17H12N2O3S/c1-12-5-7-15(8-6-12)23(20,21)22-16-4-2-3-14-9-13(10-18)11-19-17(14)16/h2-9,11H,1H3. The summed E-state index contributed by atoms with van der Waals surface area (Å²) in [7, 11) is -3.94. The van der Waals surface area contributed by atoms with E-state index in [1.807, 2.05) is 13.0 Å². The minimum atomic E-state index is -3.94. The maximum Gasteiger partial charge on any atom is 0.339 e. The van der Waals surface area contributed by atoms with Crippen LogP contribution in [0.15, 0.2) is 59.6 Å². The fourth-order valence-corrected chi connectivity index (χ4v) is 3.07. The lowest BCUT2D eigenvalue weighted by atomic mass is 10.1. The molecule has 114 valence electrons. The van der Waals surface area contributed by atoms with Gasteiger partial charge in [0.25, 0.3) is 0 Å². The van der Waals surface area contributed by atoms with Crippen molar-refractivity contribution in [1.82, 2.24) is 4.98 Å². The lowest BCUT2D eigenvalue weighted by Gasteiger charge is -2.09. The van der Waals surface area contributed by atoms with E-state index in [0.29, 0.717) is 16.5 Å². The van der Waals surface area contributed by atoms with Gasteiger partial charge < -0.3 is 4.18 Å². The van der Waals surface area contributed by atoms with Crippen molar-refractivity contribution in [3.63, 3.8) is 0 Å². The molecule has 2 aromatic carbocycles. The van der Waals surface area contributed by atoms with Crippen LogP contribution in [0.3, 0.4) is 0 Å². The Bertz CT molecular complexity index is 1020. The van der Waals surface area contributed by atoms with E-state index in [1.54, 1.807) is 30.3 Å². The van der Waals surface area contributed by atoms with Crippen LogP contribution in [0.5, 0.6) is 5.75 Å². The zero-order chi connectivity index (χ0) is 16.4. The highest BCUT2D eigenvalue weighted by molar-refractivity contribution is 7.87. The summed E-state index contributed by atoms with van der Waals surface area (Å²) in [5, 5.41) is 9.55. The first-order valence-corrected chi connectivity index (χ1v) is 8.20. The molecule has 0 unspecified atom stereocenters. The minimum Gasteiger partial charge on any atom is -0.377 e. The molecule has 23 heavy (non-hydrogen) atoms. The molecule has 0 saturated heterocycles. The van der Waals surface area contributed by atoms with Crippen molar-refractivity contribution in [2.75, 3.05) is 0 Å². The van der Waals surface area contributed by atoms with Crippen LogP contribution >= 0.6 is 0 Å². The van der Waals surface area contributed by atoms with E-state index in [9.17, 15) is 8.42 Å². The summed E-state index contributed by atoms with van der Waals surface area (Å²) >= 11 is 0. The minimum absolute atomic E-state index is 0.0775. The molecule has 5 nitrogen and oxygen atoms in total. The second kappa shape index (κ2) is 5.71. The van der Waals surface area contributed by atoms with Crippen molar-refractivity contribution in [3.8, 4) is 11.8 Å². The number of rotatable bonds is 3. The van der Waals surface area contributed by atoms with Gasteiger partial charge >= 0.3 is 10.1 Å². The molecule has 0 aliphatic rings. The lowest BCUT2D eigenvalue weighted by Crippen LogP contribution is -2.10. The molecule has 0 radical (unpaired) electrons. The van der Waals surface area contributed by atoms with Gasteiger partial charge in [0.1, 0.15) is 16.5 Å². The summed E-state index contributed by atoms with van der Waals surface area (Å²) in [5.41, 5.74) is 1.75. The molecule has 0 saturated carbocycles. The van der Waals surface area contributed by atoms with Crippen molar-refractivity contribution in [2.45, 2.75) is 11.8 Å². The first kappa shape index (κ1) is 15.0. The Morgan fingerprint density at radius 1 is 1.13 bits per heavy atom. The summed E-state index contributed by atoms with van der Waals surface area (Å²) in [5.74, 6) is 0.132. The monoisotopic (exact) mass is 324 g/mol. The third-order valence-electron chi connectivity index (χ3n) is 3.31. The number of aryl methyl sites for hydroxylation is 1. The smallest absolute Gasteiger partial charge is 0.339 e. The molecule has 1 aromatic heterocycles. The van der Waals surface area contributed by atoms with E-state index in [2.05, 4.69) is 4.98 Å². The average Bonchev–Trinajstić information content (AvgIpc) is 2.54. The second-order valence-corrected chi connectivity index (χ2v) is 6.56. The number of hydrogen-bond acceptors (Lipinski definition) is 5. The fourth-order valence-electron chi connectivity index (χ4n) is 2.13. The SMILES string of the molecule is Cc1ccc(S(=O)(=O)Oc2cccc3cc(C#N)cnc23)cc1. The molecule has 0 aliphatic carbocycles. The highest BCUT2D eigenvalue weighted by Gasteiger charge is 2.18. The Morgan fingerprint density at radius 3 is 2.57 bits per heavy atom. The van der Waals surface area contributed by atoms with Crippen molar-refractivity contribution in [2.24, 2.45) is 0 Å². The molecule has 6 heteroatoms. The van der Waals surface area contributed by atoms with Crippen LogP contribution in [0.2, 0.25) is 0 Å². The summed E-state index contributed by atoms with van der Waals surface area (Å²) < 4.78 is 30.0. The van der Waals surface area contributed by atoms with Crippen LogP contribution in [0.25, 0.3) is 10.9 Å². The number of hydrogen-bond donors (Lipinski definition) is 0. The van der Waals surface area contributed by atoms with Crippen LogP contribution in [0, 0.1) is 18.3 Å². The summed E-state index contributed by atoms with van der Waals surface area (Å²) in [6.45, 7) is 1.87. The van der Waals surface area contributed by atoms with Gasteiger partial charge in [0.05, 0.1) is 5.56 Å². The van der Waals surface area contributed by atoms with Crippen LogP contribution < -0.4 is 4.18 Å². The topological polar surface area (TPSA) is 80.0 Å².